The Balaban J connectivity index is 1.71. The quantitative estimate of drug-likeness (QED) is 0.633. The van der Waals surface area contributed by atoms with Gasteiger partial charge in [0.15, 0.2) is 5.96 Å². The van der Waals surface area contributed by atoms with E-state index in [-0.39, 0.29) is 0 Å². The second-order valence-corrected chi connectivity index (χ2v) is 4.37. The summed E-state index contributed by atoms with van der Waals surface area (Å²) in [6.07, 6.45) is 6.66. The van der Waals surface area contributed by atoms with Gasteiger partial charge < -0.3 is 19.6 Å². The third-order valence-corrected chi connectivity index (χ3v) is 2.82. The maximum absolute atomic E-state index is 5.28. The van der Waals surface area contributed by atoms with E-state index in [1.54, 1.807) is 13.3 Å². The maximum atomic E-state index is 5.28. The molecule has 2 N–H and O–H groups in total. The fourth-order valence-corrected chi connectivity index (χ4v) is 1.83. The second-order valence-electron chi connectivity index (χ2n) is 4.37. The van der Waals surface area contributed by atoms with E-state index in [0.29, 0.717) is 0 Å². The number of furan rings is 1. The SMILES string of the molecule is CN=C(NCCc1ccco1)NCc1ccn(C)c1. The first-order valence-electron chi connectivity index (χ1n) is 6.35. The van der Waals surface area contributed by atoms with E-state index in [4.69, 9.17) is 4.42 Å². The van der Waals surface area contributed by atoms with Crippen molar-refractivity contribution in [1.82, 2.24) is 15.2 Å². The van der Waals surface area contributed by atoms with Crippen LogP contribution in [0, 0.1) is 0 Å². The van der Waals surface area contributed by atoms with Crippen LogP contribution in [-0.2, 0) is 20.0 Å². The number of nitrogens with one attached hydrogen (secondary N) is 2. The average Bonchev–Trinajstić information content (AvgIpc) is 3.05. The minimum absolute atomic E-state index is 0.765. The van der Waals surface area contributed by atoms with Gasteiger partial charge in [-0.2, -0.15) is 0 Å². The van der Waals surface area contributed by atoms with E-state index in [1.807, 2.05) is 29.9 Å². The minimum atomic E-state index is 0.765. The molecule has 0 bridgehead atoms. The highest BCUT2D eigenvalue weighted by Gasteiger charge is 2.00. The van der Waals surface area contributed by atoms with E-state index in [2.05, 4.69) is 27.9 Å². The predicted molar refractivity (Wildman–Crippen MR) is 76.0 cm³/mol. The molecule has 19 heavy (non-hydrogen) atoms. The number of guanidine groups is 1. The Labute approximate surface area is 113 Å². The van der Waals surface area contributed by atoms with E-state index < -0.39 is 0 Å². The van der Waals surface area contributed by atoms with Gasteiger partial charge in [-0.3, -0.25) is 4.99 Å². The molecule has 0 aromatic carbocycles. The van der Waals surface area contributed by atoms with Gasteiger partial charge >= 0.3 is 0 Å². The summed E-state index contributed by atoms with van der Waals surface area (Å²) in [4.78, 5) is 4.19. The molecule has 2 heterocycles. The largest absolute Gasteiger partial charge is 0.469 e. The van der Waals surface area contributed by atoms with E-state index >= 15 is 0 Å². The summed E-state index contributed by atoms with van der Waals surface area (Å²) in [7, 11) is 3.78. The first kappa shape index (κ1) is 13.3. The van der Waals surface area contributed by atoms with Gasteiger partial charge in [0.05, 0.1) is 6.26 Å². The van der Waals surface area contributed by atoms with E-state index in [1.165, 1.54) is 5.56 Å². The highest BCUT2D eigenvalue weighted by atomic mass is 16.3. The lowest BCUT2D eigenvalue weighted by molar-refractivity contribution is 0.507. The summed E-state index contributed by atoms with van der Waals surface area (Å²) >= 11 is 0. The van der Waals surface area contributed by atoms with Crippen LogP contribution in [0.1, 0.15) is 11.3 Å². The van der Waals surface area contributed by atoms with Crippen molar-refractivity contribution in [3.8, 4) is 0 Å². The molecular weight excluding hydrogens is 240 g/mol. The Morgan fingerprint density at radius 1 is 1.37 bits per heavy atom. The highest BCUT2D eigenvalue weighted by molar-refractivity contribution is 5.79. The molecule has 0 aliphatic carbocycles. The van der Waals surface area contributed by atoms with Crippen molar-refractivity contribution in [2.45, 2.75) is 13.0 Å². The van der Waals surface area contributed by atoms with E-state index in [0.717, 1.165) is 31.2 Å². The minimum Gasteiger partial charge on any atom is -0.469 e. The van der Waals surface area contributed by atoms with Crippen LogP contribution in [0.4, 0.5) is 0 Å². The number of hydrogen-bond acceptors (Lipinski definition) is 2. The van der Waals surface area contributed by atoms with Gasteiger partial charge in [0.1, 0.15) is 5.76 Å². The number of aryl methyl sites for hydroxylation is 1. The third-order valence-electron chi connectivity index (χ3n) is 2.82. The summed E-state index contributed by atoms with van der Waals surface area (Å²) in [5, 5.41) is 6.53. The first-order chi connectivity index (χ1) is 9.28. The topological polar surface area (TPSA) is 54.5 Å². The number of nitrogens with zero attached hydrogens (tertiary/aromatic N) is 2. The number of aromatic nitrogens is 1. The van der Waals surface area contributed by atoms with Gasteiger partial charge in [-0.25, -0.2) is 0 Å². The molecule has 102 valence electrons. The lowest BCUT2D eigenvalue weighted by atomic mass is 10.3. The third kappa shape index (κ3) is 4.21. The molecule has 5 heteroatoms. The molecule has 2 aromatic rings. The molecule has 0 fully saturated rings. The van der Waals surface area contributed by atoms with Crippen LogP contribution in [0.2, 0.25) is 0 Å². The van der Waals surface area contributed by atoms with Crippen molar-refractivity contribution in [2.24, 2.45) is 12.0 Å². The zero-order valence-electron chi connectivity index (χ0n) is 11.4. The fourth-order valence-electron chi connectivity index (χ4n) is 1.83. The van der Waals surface area contributed by atoms with Gasteiger partial charge in [0, 0.05) is 46.0 Å². The van der Waals surface area contributed by atoms with Gasteiger partial charge in [-0.1, -0.05) is 0 Å². The highest BCUT2D eigenvalue weighted by Crippen LogP contribution is 2.00. The van der Waals surface area contributed by atoms with Gasteiger partial charge in [-0.15, -0.1) is 0 Å². The average molecular weight is 260 g/mol. The molecule has 0 aliphatic rings. The number of hydrogen-bond donors (Lipinski definition) is 2. The monoisotopic (exact) mass is 260 g/mol. The maximum Gasteiger partial charge on any atom is 0.191 e. The van der Waals surface area contributed by atoms with Crippen LogP contribution in [0.5, 0.6) is 0 Å². The molecule has 2 aromatic heterocycles. The van der Waals surface area contributed by atoms with Gasteiger partial charge in [0.25, 0.3) is 0 Å². The molecule has 0 amide bonds. The van der Waals surface area contributed by atoms with Crippen LogP contribution in [-0.4, -0.2) is 24.1 Å². The molecule has 0 spiro atoms. The molecule has 0 radical (unpaired) electrons. The normalized spacial score (nSPS) is 11.6. The fraction of sp³-hybridized carbons (Fsp3) is 0.357. The zero-order chi connectivity index (χ0) is 13.5. The number of rotatable bonds is 5. The standard InChI is InChI=1S/C14H20N4O/c1-15-14(16-7-5-13-4-3-9-19-13)17-10-12-6-8-18(2)11-12/h3-4,6,8-9,11H,5,7,10H2,1-2H3,(H2,15,16,17). The molecule has 0 aliphatic heterocycles. The molecule has 0 atom stereocenters. The molecule has 5 nitrogen and oxygen atoms in total. The van der Waals surface area contributed by atoms with Gasteiger partial charge in [0.2, 0.25) is 0 Å². The Morgan fingerprint density at radius 2 is 2.26 bits per heavy atom. The smallest absolute Gasteiger partial charge is 0.191 e. The zero-order valence-corrected chi connectivity index (χ0v) is 11.4. The van der Waals surface area contributed by atoms with Crippen LogP contribution < -0.4 is 10.6 Å². The summed E-state index contributed by atoms with van der Waals surface area (Å²) in [6.45, 7) is 1.56. The van der Waals surface area contributed by atoms with Crippen molar-refractivity contribution in [1.29, 1.82) is 0 Å². The lowest BCUT2D eigenvalue weighted by Crippen LogP contribution is -2.37. The van der Waals surface area contributed by atoms with Crippen molar-refractivity contribution < 1.29 is 4.42 Å². The predicted octanol–water partition coefficient (Wildman–Crippen LogP) is 1.53. The van der Waals surface area contributed by atoms with Crippen LogP contribution >= 0.6 is 0 Å². The summed E-state index contributed by atoms with van der Waals surface area (Å²) in [5.41, 5.74) is 1.23. The van der Waals surface area contributed by atoms with Gasteiger partial charge in [-0.05, 0) is 23.8 Å². The van der Waals surface area contributed by atoms with Crippen molar-refractivity contribution >= 4 is 5.96 Å². The molecule has 0 saturated carbocycles. The summed E-state index contributed by atoms with van der Waals surface area (Å²) in [5.74, 6) is 1.78. The first-order valence-corrected chi connectivity index (χ1v) is 6.35. The molecule has 2 rings (SSSR count). The van der Waals surface area contributed by atoms with Crippen molar-refractivity contribution in [3.05, 3.63) is 48.2 Å². The summed E-state index contributed by atoms with van der Waals surface area (Å²) < 4.78 is 7.31. The Morgan fingerprint density at radius 3 is 2.89 bits per heavy atom. The molecule has 0 saturated heterocycles. The van der Waals surface area contributed by atoms with Crippen molar-refractivity contribution in [3.63, 3.8) is 0 Å². The molecular formula is C14H20N4O. The number of aliphatic imine (C=N–C) groups is 1. The van der Waals surface area contributed by atoms with E-state index in [9.17, 15) is 0 Å². The van der Waals surface area contributed by atoms with Crippen LogP contribution in [0.25, 0.3) is 0 Å². The van der Waals surface area contributed by atoms with Crippen LogP contribution in [0.15, 0.2) is 46.3 Å². The van der Waals surface area contributed by atoms with Crippen molar-refractivity contribution in [2.75, 3.05) is 13.6 Å². The Hall–Kier alpha value is -2.17. The molecule has 0 unspecified atom stereocenters. The van der Waals surface area contributed by atoms with Crippen LogP contribution in [0.3, 0.4) is 0 Å². The Kier molecular flexibility index (Phi) is 4.66. The Bertz CT molecular complexity index is 513. The summed E-state index contributed by atoms with van der Waals surface area (Å²) in [6, 6.07) is 5.96. The second kappa shape index (κ2) is 6.68. The lowest BCUT2D eigenvalue weighted by Gasteiger charge is -2.10.